The fourth-order valence-corrected chi connectivity index (χ4v) is 4.41. The van der Waals surface area contributed by atoms with E-state index in [1.165, 1.54) is 23.9 Å². The third kappa shape index (κ3) is 4.20. The Morgan fingerprint density at radius 2 is 2.22 bits per heavy atom. The number of thioether (sulfide) groups is 1. The molecule has 27 heavy (non-hydrogen) atoms. The Morgan fingerprint density at radius 1 is 1.44 bits per heavy atom. The van der Waals surface area contributed by atoms with Gasteiger partial charge in [-0.25, -0.2) is 0 Å². The van der Waals surface area contributed by atoms with Crippen molar-refractivity contribution < 1.29 is 14.5 Å². The van der Waals surface area contributed by atoms with Gasteiger partial charge in [-0.3, -0.25) is 25.0 Å². The summed E-state index contributed by atoms with van der Waals surface area (Å²) < 4.78 is 0. The van der Waals surface area contributed by atoms with E-state index in [0.29, 0.717) is 28.7 Å². The van der Waals surface area contributed by atoms with Crippen molar-refractivity contribution >= 4 is 41.3 Å². The molecule has 2 aliphatic rings. The van der Waals surface area contributed by atoms with E-state index in [0.717, 1.165) is 25.2 Å². The number of hydrogen-bond acceptors (Lipinski definition) is 8. The summed E-state index contributed by atoms with van der Waals surface area (Å²) in [6, 6.07) is 4.56. The van der Waals surface area contributed by atoms with Crippen molar-refractivity contribution in [2.45, 2.75) is 18.5 Å². The highest BCUT2D eigenvalue weighted by molar-refractivity contribution is 8.03. The molecule has 2 saturated heterocycles. The third-order valence-corrected chi connectivity index (χ3v) is 5.96. The first-order chi connectivity index (χ1) is 12.9. The van der Waals surface area contributed by atoms with Crippen LogP contribution in [0.3, 0.4) is 0 Å². The fraction of sp³-hybridized carbons (Fsp3) is 0.444. The van der Waals surface area contributed by atoms with Gasteiger partial charge < -0.3 is 9.80 Å². The maximum Gasteiger partial charge on any atom is 0.270 e. The molecule has 8 nitrogen and oxygen atoms in total. The molecule has 1 aromatic carbocycles. The van der Waals surface area contributed by atoms with Crippen molar-refractivity contribution in [2.24, 2.45) is 0 Å². The van der Waals surface area contributed by atoms with Crippen molar-refractivity contribution in [3.05, 3.63) is 38.8 Å². The number of likely N-dealkylation sites (N-methyl/N-ethyl adjacent to an activating group) is 1. The summed E-state index contributed by atoms with van der Waals surface area (Å²) in [4.78, 5) is 38.6. The van der Waals surface area contributed by atoms with Crippen LogP contribution in [0.2, 0.25) is 0 Å². The maximum atomic E-state index is 11.8. The Bertz CT molecular complexity index is 796. The highest BCUT2D eigenvalue weighted by Crippen LogP contribution is 2.34. The number of aldehydes is 1. The second-order valence-electron chi connectivity index (χ2n) is 6.85. The van der Waals surface area contributed by atoms with E-state index in [4.69, 9.17) is 0 Å². The van der Waals surface area contributed by atoms with Gasteiger partial charge in [0.2, 0.25) is 5.78 Å². The van der Waals surface area contributed by atoms with Gasteiger partial charge >= 0.3 is 0 Å². The number of Topliss-reactive ketones (excluding diaryl/α,β-unsaturated/α-hetero) is 1. The van der Waals surface area contributed by atoms with Crippen LogP contribution >= 0.6 is 11.8 Å². The quantitative estimate of drug-likeness (QED) is 0.338. The molecule has 0 saturated carbocycles. The number of carbonyl (C=O) groups excluding carboxylic acids is 2. The second-order valence-corrected chi connectivity index (χ2v) is 7.89. The highest BCUT2D eigenvalue weighted by Gasteiger charge is 2.29. The average Bonchev–Trinajstić information content (AvgIpc) is 3.30. The van der Waals surface area contributed by atoms with Crippen molar-refractivity contribution in [1.29, 1.82) is 0 Å². The molecule has 1 aromatic rings. The summed E-state index contributed by atoms with van der Waals surface area (Å²) in [6.45, 7) is 1.70. The van der Waals surface area contributed by atoms with Gasteiger partial charge in [0.25, 0.3) is 5.69 Å². The maximum absolute atomic E-state index is 11.8. The van der Waals surface area contributed by atoms with Crippen LogP contribution in [0, 0.1) is 10.1 Å². The van der Waals surface area contributed by atoms with E-state index >= 15 is 0 Å². The highest BCUT2D eigenvalue weighted by atomic mass is 32.2. The van der Waals surface area contributed by atoms with E-state index in [2.05, 4.69) is 15.1 Å². The van der Waals surface area contributed by atoms with Gasteiger partial charge in [-0.15, -0.1) is 11.8 Å². The lowest BCUT2D eigenvalue weighted by Crippen LogP contribution is -2.32. The normalized spacial score (nSPS) is 24.0. The Balaban J connectivity index is 1.98. The molecule has 2 unspecified atom stereocenters. The second kappa shape index (κ2) is 8.20. The molecular weight excluding hydrogens is 368 g/mol. The minimum Gasteiger partial charge on any atom is -0.369 e. The number of non-ortho nitro benzene ring substituents is 1. The molecule has 3 rings (SSSR count). The molecule has 2 heterocycles. The van der Waals surface area contributed by atoms with Gasteiger partial charge in [-0.2, -0.15) is 0 Å². The lowest BCUT2D eigenvalue weighted by Gasteiger charge is -2.23. The SMILES string of the molecule is CN(C)C1CCN(c2ccc([N+](=O)[O-])cc2/C=C2\SCNC2C(=O)C=O)C1. The third-order valence-electron chi connectivity index (χ3n) is 4.97. The first kappa shape index (κ1) is 19.5. The van der Waals surface area contributed by atoms with Crippen molar-refractivity contribution in [3.63, 3.8) is 0 Å². The molecule has 0 radical (unpaired) electrons. The standard InChI is InChI=1S/C18H22N4O4S/c1-20(2)14-5-6-21(9-14)15-4-3-13(22(25)26)7-12(15)8-17-18(16(24)10-23)19-11-27-17/h3-4,7-8,10,14,18-19H,5-6,9,11H2,1-2H3/b17-8-. The molecule has 0 aromatic heterocycles. The van der Waals surface area contributed by atoms with Gasteiger partial charge in [0.05, 0.1) is 4.92 Å². The number of carbonyl (C=O) groups is 2. The zero-order valence-corrected chi connectivity index (χ0v) is 16.1. The summed E-state index contributed by atoms with van der Waals surface area (Å²) in [5.41, 5.74) is 1.60. The Morgan fingerprint density at radius 3 is 2.85 bits per heavy atom. The Hall–Kier alpha value is -2.23. The topological polar surface area (TPSA) is 95.8 Å². The van der Waals surface area contributed by atoms with Gasteiger partial charge in [0, 0.05) is 53.3 Å². The van der Waals surface area contributed by atoms with Crippen LogP contribution in [0.4, 0.5) is 11.4 Å². The summed E-state index contributed by atoms with van der Waals surface area (Å²) in [5, 5.41) is 14.2. The van der Waals surface area contributed by atoms with Crippen LogP contribution in [0.25, 0.3) is 6.08 Å². The molecule has 2 aliphatic heterocycles. The van der Waals surface area contributed by atoms with E-state index in [1.54, 1.807) is 12.1 Å². The van der Waals surface area contributed by atoms with E-state index < -0.39 is 16.7 Å². The van der Waals surface area contributed by atoms with Crippen LogP contribution in [0.1, 0.15) is 12.0 Å². The first-order valence-electron chi connectivity index (χ1n) is 8.67. The lowest BCUT2D eigenvalue weighted by atomic mass is 10.1. The number of nitrogens with zero attached hydrogens (tertiary/aromatic N) is 3. The number of benzene rings is 1. The number of hydrogen-bond donors (Lipinski definition) is 1. The molecule has 144 valence electrons. The molecular formula is C18H22N4O4S. The predicted octanol–water partition coefficient (Wildman–Crippen LogP) is 1.51. The minimum absolute atomic E-state index is 0.00294. The molecule has 2 fully saturated rings. The molecule has 0 spiro atoms. The summed E-state index contributed by atoms with van der Waals surface area (Å²) in [5.74, 6) is -0.0145. The summed E-state index contributed by atoms with van der Waals surface area (Å²) >= 11 is 1.43. The zero-order valence-electron chi connectivity index (χ0n) is 15.3. The smallest absolute Gasteiger partial charge is 0.270 e. The number of nitro benzene ring substituents is 1. The van der Waals surface area contributed by atoms with Crippen molar-refractivity contribution in [2.75, 3.05) is 38.0 Å². The monoisotopic (exact) mass is 390 g/mol. The molecule has 0 bridgehead atoms. The Kier molecular flexibility index (Phi) is 5.93. The van der Waals surface area contributed by atoms with Gasteiger partial charge in [-0.1, -0.05) is 0 Å². The Labute approximate surface area is 161 Å². The number of anilines is 1. The minimum atomic E-state index is -0.673. The first-order valence-corrected chi connectivity index (χ1v) is 9.66. The molecule has 1 N–H and O–H groups in total. The van der Waals surface area contributed by atoms with Gasteiger partial charge in [0.1, 0.15) is 6.04 Å². The zero-order chi connectivity index (χ0) is 19.6. The van der Waals surface area contributed by atoms with Crippen molar-refractivity contribution in [1.82, 2.24) is 10.2 Å². The van der Waals surface area contributed by atoms with Crippen LogP contribution in [0.5, 0.6) is 0 Å². The van der Waals surface area contributed by atoms with E-state index in [9.17, 15) is 19.7 Å². The van der Waals surface area contributed by atoms with Crippen LogP contribution in [0.15, 0.2) is 23.1 Å². The fourth-order valence-electron chi connectivity index (χ4n) is 3.42. The van der Waals surface area contributed by atoms with Crippen LogP contribution < -0.4 is 10.2 Å². The van der Waals surface area contributed by atoms with Crippen molar-refractivity contribution in [3.8, 4) is 0 Å². The molecule has 2 atom stereocenters. The molecule has 9 heteroatoms. The predicted molar refractivity (Wildman–Crippen MR) is 106 cm³/mol. The van der Waals surface area contributed by atoms with E-state index in [-0.39, 0.29) is 5.69 Å². The van der Waals surface area contributed by atoms with Crippen LogP contribution in [-0.2, 0) is 9.59 Å². The average molecular weight is 390 g/mol. The largest absolute Gasteiger partial charge is 0.369 e. The van der Waals surface area contributed by atoms with Gasteiger partial charge in [-0.05, 0) is 32.7 Å². The van der Waals surface area contributed by atoms with Crippen LogP contribution in [-0.4, -0.2) is 67.0 Å². The molecule has 0 amide bonds. The number of nitro groups is 1. The lowest BCUT2D eigenvalue weighted by molar-refractivity contribution is -0.384. The van der Waals surface area contributed by atoms with E-state index in [1.807, 2.05) is 14.1 Å². The summed E-state index contributed by atoms with van der Waals surface area (Å²) in [7, 11) is 4.09. The number of ketones is 1. The number of rotatable bonds is 6. The van der Waals surface area contributed by atoms with Gasteiger partial charge in [0.15, 0.2) is 6.29 Å². The summed E-state index contributed by atoms with van der Waals surface area (Å²) in [6.07, 6.45) is 3.12. The molecule has 0 aliphatic carbocycles. The number of nitrogens with one attached hydrogen (secondary N) is 1.